The molecule has 1 heterocycles. The van der Waals surface area contributed by atoms with Crippen LogP contribution in [0.1, 0.15) is 12.0 Å². The van der Waals surface area contributed by atoms with Crippen molar-refractivity contribution in [2.24, 2.45) is 40.6 Å². The Kier molecular flexibility index (Phi) is 3.47. The molecule has 6 rings (SSSR count). The molecule has 27 heavy (non-hydrogen) atoms. The van der Waals surface area contributed by atoms with Crippen molar-refractivity contribution >= 4 is 24.0 Å². The molecule has 1 aromatic carbocycles. The molecule has 0 spiro atoms. The molecule has 4 aliphatic carbocycles. The van der Waals surface area contributed by atoms with Gasteiger partial charge in [0.2, 0.25) is 0 Å². The molecule has 3 fully saturated rings. The molecule has 6 atom stereocenters. The van der Waals surface area contributed by atoms with E-state index in [4.69, 9.17) is 9.84 Å². The lowest BCUT2D eigenvalue weighted by Gasteiger charge is -2.37. The van der Waals surface area contributed by atoms with Gasteiger partial charge in [0.25, 0.3) is 11.8 Å². The molecule has 2 bridgehead atoms. The van der Waals surface area contributed by atoms with E-state index < -0.39 is 12.6 Å². The Bertz CT molecular complexity index is 854. The summed E-state index contributed by atoms with van der Waals surface area (Å²) in [7, 11) is 0. The van der Waals surface area contributed by atoms with Crippen LogP contribution in [0.2, 0.25) is 0 Å². The lowest BCUT2D eigenvalue weighted by molar-refractivity contribution is -0.141. The number of carbonyl (C=O) groups is 3. The molecule has 0 aromatic heterocycles. The minimum absolute atomic E-state index is 0.187. The second-order valence-corrected chi connectivity index (χ2v) is 7.64. The Labute approximate surface area is 155 Å². The molecular weight excluding hydrogens is 348 g/mol. The first-order chi connectivity index (χ1) is 13.0. The highest BCUT2D eigenvalue weighted by Gasteiger charge is 2.67. The minimum Gasteiger partial charge on any atom is -0.482 e. The minimum atomic E-state index is -1.05. The van der Waals surface area contributed by atoms with Gasteiger partial charge in [-0.1, -0.05) is 12.2 Å². The van der Waals surface area contributed by atoms with Gasteiger partial charge in [-0.25, -0.2) is 4.79 Å². The summed E-state index contributed by atoms with van der Waals surface area (Å²) in [5.41, 5.74) is 0.692. The average molecular weight is 366 g/mol. The van der Waals surface area contributed by atoms with Crippen molar-refractivity contribution in [3.8, 4) is 5.75 Å². The first-order valence-corrected chi connectivity index (χ1v) is 9.09. The van der Waals surface area contributed by atoms with E-state index in [1.807, 2.05) is 0 Å². The third-order valence-corrected chi connectivity index (χ3v) is 6.20. The predicted molar refractivity (Wildman–Crippen MR) is 93.7 cm³/mol. The van der Waals surface area contributed by atoms with Crippen molar-refractivity contribution in [1.29, 1.82) is 0 Å². The molecule has 2 amide bonds. The first kappa shape index (κ1) is 16.2. The molecule has 138 valence electrons. The normalized spacial score (nSPS) is 35.5. The van der Waals surface area contributed by atoms with E-state index in [1.54, 1.807) is 24.3 Å². The fourth-order valence-electron chi connectivity index (χ4n) is 4.97. The highest BCUT2D eigenvalue weighted by molar-refractivity contribution is 6.06. The lowest BCUT2D eigenvalue weighted by atomic mass is 9.63. The fourth-order valence-corrected chi connectivity index (χ4v) is 4.97. The monoisotopic (exact) mass is 366 g/mol. The quantitative estimate of drug-likeness (QED) is 0.484. The zero-order chi connectivity index (χ0) is 18.7. The molecule has 0 unspecified atom stereocenters. The van der Waals surface area contributed by atoms with Crippen LogP contribution in [0.15, 0.2) is 41.5 Å². The number of imide groups is 1. The van der Waals surface area contributed by atoms with Crippen molar-refractivity contribution in [3.05, 3.63) is 42.0 Å². The Morgan fingerprint density at radius 1 is 1.11 bits per heavy atom. The smallest absolute Gasteiger partial charge is 0.341 e. The van der Waals surface area contributed by atoms with E-state index in [2.05, 4.69) is 17.3 Å². The van der Waals surface area contributed by atoms with E-state index in [-0.39, 0.29) is 35.5 Å². The zero-order valence-corrected chi connectivity index (χ0v) is 14.4. The van der Waals surface area contributed by atoms with Crippen molar-refractivity contribution in [2.75, 3.05) is 6.61 Å². The van der Waals surface area contributed by atoms with Gasteiger partial charge in [0.1, 0.15) is 5.75 Å². The van der Waals surface area contributed by atoms with Crippen LogP contribution in [0.3, 0.4) is 0 Å². The van der Waals surface area contributed by atoms with E-state index in [0.717, 1.165) is 11.4 Å². The van der Waals surface area contributed by atoms with Crippen molar-refractivity contribution in [3.63, 3.8) is 0 Å². The summed E-state index contributed by atoms with van der Waals surface area (Å²) >= 11 is 0. The molecule has 1 aromatic rings. The second kappa shape index (κ2) is 5.77. The van der Waals surface area contributed by atoms with E-state index in [1.165, 1.54) is 6.21 Å². The van der Waals surface area contributed by atoms with Gasteiger partial charge in [-0.05, 0) is 59.9 Å². The number of carboxylic acid groups (broad SMARTS) is 1. The maximum Gasteiger partial charge on any atom is 0.341 e. The van der Waals surface area contributed by atoms with Crippen LogP contribution in [-0.4, -0.2) is 40.7 Å². The van der Waals surface area contributed by atoms with Gasteiger partial charge in [0.15, 0.2) is 6.61 Å². The van der Waals surface area contributed by atoms with Crippen LogP contribution in [0.4, 0.5) is 0 Å². The van der Waals surface area contributed by atoms with Crippen LogP contribution >= 0.6 is 0 Å². The molecule has 1 saturated heterocycles. The number of allylic oxidation sites excluding steroid dienone is 2. The van der Waals surface area contributed by atoms with Crippen LogP contribution in [-0.2, 0) is 14.4 Å². The maximum atomic E-state index is 12.8. The SMILES string of the molecule is O=C(O)COc1ccc(/C=N\N2C(=O)[C@H]3[C@@H]4C=C[C@H]([C@H]5C[C@H]45)[C@@H]3C2=O)cc1. The fraction of sp³-hybridized carbons (Fsp3) is 0.400. The number of hydrazone groups is 1. The van der Waals surface area contributed by atoms with Gasteiger partial charge in [-0.3, -0.25) is 9.59 Å². The predicted octanol–water partition coefficient (Wildman–Crippen LogP) is 1.54. The zero-order valence-electron chi connectivity index (χ0n) is 14.4. The van der Waals surface area contributed by atoms with Crippen molar-refractivity contribution in [1.82, 2.24) is 5.01 Å². The topological polar surface area (TPSA) is 96.3 Å². The van der Waals surface area contributed by atoms with Crippen LogP contribution in [0, 0.1) is 35.5 Å². The number of aliphatic carboxylic acids is 1. The Hall–Kier alpha value is -2.96. The molecular formula is C20H18N2O5. The number of carboxylic acids is 1. The molecule has 1 aliphatic heterocycles. The summed E-state index contributed by atoms with van der Waals surface area (Å²) < 4.78 is 5.07. The van der Waals surface area contributed by atoms with Crippen molar-refractivity contribution in [2.45, 2.75) is 6.42 Å². The van der Waals surface area contributed by atoms with Crippen LogP contribution in [0.25, 0.3) is 0 Å². The maximum absolute atomic E-state index is 12.8. The Balaban J connectivity index is 1.31. The molecule has 5 aliphatic rings. The lowest BCUT2D eigenvalue weighted by Crippen LogP contribution is -2.40. The van der Waals surface area contributed by atoms with Crippen molar-refractivity contribution < 1.29 is 24.2 Å². The Morgan fingerprint density at radius 3 is 2.26 bits per heavy atom. The summed E-state index contributed by atoms with van der Waals surface area (Å²) in [6.07, 6.45) is 6.88. The number of rotatable bonds is 5. The van der Waals surface area contributed by atoms with Crippen LogP contribution < -0.4 is 4.74 Å². The summed E-state index contributed by atoms with van der Waals surface area (Å²) in [5.74, 6) is 0.0188. The van der Waals surface area contributed by atoms with E-state index in [9.17, 15) is 14.4 Å². The highest BCUT2D eigenvalue weighted by atomic mass is 16.5. The largest absolute Gasteiger partial charge is 0.482 e. The summed E-state index contributed by atoms with van der Waals surface area (Å²) in [6.45, 7) is -0.411. The van der Waals surface area contributed by atoms with E-state index >= 15 is 0 Å². The highest BCUT2D eigenvalue weighted by Crippen LogP contribution is 2.65. The number of hydrogen-bond donors (Lipinski definition) is 1. The van der Waals surface area contributed by atoms with Gasteiger partial charge >= 0.3 is 5.97 Å². The summed E-state index contributed by atoms with van der Waals surface area (Å²) in [6, 6.07) is 6.63. The van der Waals surface area contributed by atoms with E-state index in [0.29, 0.717) is 23.1 Å². The van der Waals surface area contributed by atoms with Gasteiger partial charge in [0.05, 0.1) is 18.1 Å². The van der Waals surface area contributed by atoms with Gasteiger partial charge < -0.3 is 9.84 Å². The van der Waals surface area contributed by atoms with Crippen LogP contribution in [0.5, 0.6) is 5.75 Å². The number of ether oxygens (including phenoxy) is 1. The summed E-state index contributed by atoms with van der Waals surface area (Å²) in [4.78, 5) is 36.1. The summed E-state index contributed by atoms with van der Waals surface area (Å²) in [5, 5.41) is 13.8. The van der Waals surface area contributed by atoms with Gasteiger partial charge in [-0.15, -0.1) is 0 Å². The standard InChI is InChI=1S/C20H18N2O5/c23-16(24)9-27-11-3-1-10(2-4-11)8-21-22-19(25)17-12-5-6-13(15-7-14(12)15)18(17)20(22)26/h1-6,8,12-15,17-18H,7,9H2,(H,23,24)/b21-8-/t12-,13-,14-,15-,17+,18+/m1/s1. The third kappa shape index (κ3) is 2.49. The number of amides is 2. The number of carbonyl (C=O) groups excluding carboxylic acids is 2. The first-order valence-electron chi connectivity index (χ1n) is 9.09. The number of hydrogen-bond acceptors (Lipinski definition) is 5. The second-order valence-electron chi connectivity index (χ2n) is 7.64. The number of benzene rings is 1. The molecule has 0 radical (unpaired) electrons. The third-order valence-electron chi connectivity index (χ3n) is 6.20. The molecule has 1 N–H and O–H groups in total. The molecule has 2 saturated carbocycles. The van der Waals surface area contributed by atoms with Gasteiger partial charge in [-0.2, -0.15) is 10.1 Å². The molecule has 7 nitrogen and oxygen atoms in total. The van der Waals surface area contributed by atoms with Gasteiger partial charge in [0, 0.05) is 0 Å². The number of nitrogens with zero attached hydrogens (tertiary/aromatic N) is 2. The Morgan fingerprint density at radius 2 is 1.70 bits per heavy atom. The molecule has 7 heteroatoms. The average Bonchev–Trinajstić information content (AvgIpc) is 3.45.